The van der Waals surface area contributed by atoms with E-state index in [0.717, 1.165) is 71.1 Å². The molecule has 0 radical (unpaired) electrons. The third kappa shape index (κ3) is 3.57. The summed E-state index contributed by atoms with van der Waals surface area (Å²) >= 11 is 0. The van der Waals surface area contributed by atoms with Crippen LogP contribution in [0.4, 0.5) is 0 Å². The lowest BCUT2D eigenvalue weighted by molar-refractivity contribution is -0.145. The summed E-state index contributed by atoms with van der Waals surface area (Å²) < 4.78 is 0. The molecule has 3 saturated heterocycles. The fourth-order valence-corrected chi connectivity index (χ4v) is 5.52. The molecular weight excluding hydrogens is 314 g/mol. The summed E-state index contributed by atoms with van der Waals surface area (Å²) in [6.07, 6.45) is 11.0. The molecule has 4 rings (SSSR count). The average molecular weight is 348 g/mol. The number of nitrogens with zero attached hydrogens (tertiary/aromatic N) is 2. The van der Waals surface area contributed by atoms with Crippen LogP contribution in [0.15, 0.2) is 0 Å². The monoisotopic (exact) mass is 347 g/mol. The van der Waals surface area contributed by atoms with E-state index in [1.54, 1.807) is 0 Å². The van der Waals surface area contributed by atoms with Gasteiger partial charge in [0.25, 0.3) is 0 Å². The Morgan fingerprint density at radius 3 is 2.36 bits per heavy atom. The number of nitrogens with one attached hydrogen (secondary N) is 1. The Morgan fingerprint density at radius 1 is 0.840 bits per heavy atom. The van der Waals surface area contributed by atoms with Gasteiger partial charge in [-0.15, -0.1) is 0 Å². The van der Waals surface area contributed by atoms with Crippen molar-refractivity contribution in [1.29, 1.82) is 0 Å². The highest BCUT2D eigenvalue weighted by molar-refractivity contribution is 5.84. The molecule has 2 amide bonds. The largest absolute Gasteiger partial charge is 0.353 e. The molecule has 3 aliphatic heterocycles. The van der Waals surface area contributed by atoms with Gasteiger partial charge in [0.05, 0.1) is 5.41 Å². The van der Waals surface area contributed by atoms with Crippen molar-refractivity contribution in [3.63, 3.8) is 0 Å². The van der Waals surface area contributed by atoms with Crippen molar-refractivity contribution in [2.45, 2.75) is 70.3 Å². The lowest BCUT2D eigenvalue weighted by Crippen LogP contribution is -2.51. The molecule has 2 bridgehead atoms. The van der Waals surface area contributed by atoms with E-state index in [1.165, 1.54) is 25.8 Å². The van der Waals surface area contributed by atoms with Crippen molar-refractivity contribution >= 4 is 11.8 Å². The highest BCUT2D eigenvalue weighted by Crippen LogP contribution is 2.41. The van der Waals surface area contributed by atoms with E-state index in [2.05, 4.69) is 15.1 Å². The Labute approximate surface area is 151 Å². The van der Waals surface area contributed by atoms with Crippen LogP contribution in [-0.2, 0) is 9.59 Å². The lowest BCUT2D eigenvalue weighted by Gasteiger charge is -2.40. The number of piperidine rings is 2. The van der Waals surface area contributed by atoms with Crippen LogP contribution in [0.2, 0.25) is 0 Å². The van der Waals surface area contributed by atoms with E-state index in [9.17, 15) is 9.59 Å². The first-order valence-electron chi connectivity index (χ1n) is 10.5. The Kier molecular flexibility index (Phi) is 5.03. The molecule has 0 aromatic rings. The van der Waals surface area contributed by atoms with Crippen LogP contribution in [0, 0.1) is 11.3 Å². The summed E-state index contributed by atoms with van der Waals surface area (Å²) in [5, 5.41) is 3.27. The van der Waals surface area contributed by atoms with Gasteiger partial charge in [0, 0.05) is 31.6 Å². The number of rotatable bonds is 3. The lowest BCUT2D eigenvalue weighted by atomic mass is 9.79. The van der Waals surface area contributed by atoms with Gasteiger partial charge >= 0.3 is 0 Å². The van der Waals surface area contributed by atoms with Crippen LogP contribution in [-0.4, -0.2) is 60.4 Å². The predicted octanol–water partition coefficient (Wildman–Crippen LogP) is 2.16. The molecule has 5 heteroatoms. The van der Waals surface area contributed by atoms with Gasteiger partial charge in [-0.05, 0) is 58.0 Å². The summed E-state index contributed by atoms with van der Waals surface area (Å²) in [6.45, 7) is 4.76. The topological polar surface area (TPSA) is 52.7 Å². The van der Waals surface area contributed by atoms with Gasteiger partial charge in [-0.2, -0.15) is 0 Å². The smallest absolute Gasteiger partial charge is 0.230 e. The number of amides is 2. The quantitative estimate of drug-likeness (QED) is 0.851. The molecule has 1 saturated carbocycles. The fraction of sp³-hybridized carbons (Fsp3) is 0.900. The SMILES string of the molecule is O=C(NC1CCCCC1)C1CCN(C(=O)C23CCCN(CC2)C3)CC1. The van der Waals surface area contributed by atoms with Crippen molar-refractivity contribution < 1.29 is 9.59 Å². The van der Waals surface area contributed by atoms with Crippen LogP contribution in [0.5, 0.6) is 0 Å². The number of hydrogen-bond acceptors (Lipinski definition) is 3. The van der Waals surface area contributed by atoms with Crippen molar-refractivity contribution in [1.82, 2.24) is 15.1 Å². The molecule has 0 spiro atoms. The third-order valence-electron chi connectivity index (χ3n) is 7.12. The van der Waals surface area contributed by atoms with E-state index >= 15 is 0 Å². The maximum atomic E-state index is 13.1. The Balaban J connectivity index is 1.28. The first-order chi connectivity index (χ1) is 12.2. The standard InChI is InChI=1S/C20H33N3O2/c24-18(21-17-5-2-1-3-6-17)16-7-12-23(13-8-16)19(25)20-9-4-11-22(15-20)14-10-20/h16-17H,1-15H2,(H,21,24). The highest BCUT2D eigenvalue weighted by Gasteiger charge is 2.48. The number of likely N-dealkylation sites (tertiary alicyclic amines) is 1. The van der Waals surface area contributed by atoms with Crippen molar-refractivity contribution in [3.8, 4) is 0 Å². The van der Waals surface area contributed by atoms with E-state index in [0.29, 0.717) is 11.9 Å². The van der Waals surface area contributed by atoms with Crippen LogP contribution in [0.3, 0.4) is 0 Å². The van der Waals surface area contributed by atoms with Crippen molar-refractivity contribution in [2.24, 2.45) is 11.3 Å². The minimum absolute atomic E-state index is 0.102. The zero-order valence-corrected chi connectivity index (χ0v) is 15.5. The summed E-state index contributed by atoms with van der Waals surface area (Å²) in [7, 11) is 0. The van der Waals surface area contributed by atoms with Crippen LogP contribution >= 0.6 is 0 Å². The van der Waals surface area contributed by atoms with Gasteiger partial charge < -0.3 is 15.1 Å². The van der Waals surface area contributed by atoms with E-state index in [4.69, 9.17) is 0 Å². The van der Waals surface area contributed by atoms with E-state index in [1.807, 2.05) is 0 Å². The van der Waals surface area contributed by atoms with Gasteiger partial charge in [-0.3, -0.25) is 9.59 Å². The van der Waals surface area contributed by atoms with Crippen LogP contribution in [0.25, 0.3) is 0 Å². The minimum Gasteiger partial charge on any atom is -0.353 e. The molecule has 4 fully saturated rings. The molecule has 0 aromatic carbocycles. The van der Waals surface area contributed by atoms with Gasteiger partial charge in [-0.25, -0.2) is 0 Å². The summed E-state index contributed by atoms with van der Waals surface area (Å²) in [6, 6.07) is 0.395. The molecule has 1 N–H and O–H groups in total. The fourth-order valence-electron chi connectivity index (χ4n) is 5.52. The molecule has 140 valence electrons. The second-order valence-electron chi connectivity index (χ2n) is 8.82. The summed E-state index contributed by atoms with van der Waals surface area (Å²) in [5.74, 6) is 0.720. The molecule has 0 aromatic heterocycles. The van der Waals surface area contributed by atoms with Crippen molar-refractivity contribution in [3.05, 3.63) is 0 Å². The average Bonchev–Trinajstić information content (AvgIpc) is 2.97. The molecule has 3 heterocycles. The zero-order chi connectivity index (χ0) is 17.3. The van der Waals surface area contributed by atoms with Gasteiger partial charge in [0.1, 0.15) is 0 Å². The maximum Gasteiger partial charge on any atom is 0.230 e. The highest BCUT2D eigenvalue weighted by atomic mass is 16.2. The molecule has 4 aliphatic rings. The van der Waals surface area contributed by atoms with Crippen molar-refractivity contribution in [2.75, 3.05) is 32.7 Å². The summed E-state index contributed by atoms with van der Waals surface area (Å²) in [5.41, 5.74) is -0.102. The normalized spacial score (nSPS) is 34.1. The van der Waals surface area contributed by atoms with Gasteiger partial charge in [0.2, 0.25) is 11.8 Å². The maximum absolute atomic E-state index is 13.1. The first-order valence-corrected chi connectivity index (χ1v) is 10.5. The molecular formula is C20H33N3O2. The number of hydrogen-bond donors (Lipinski definition) is 1. The number of carbonyl (C=O) groups is 2. The Morgan fingerprint density at radius 2 is 1.60 bits per heavy atom. The van der Waals surface area contributed by atoms with Crippen LogP contribution < -0.4 is 5.32 Å². The minimum atomic E-state index is -0.102. The molecule has 5 nitrogen and oxygen atoms in total. The van der Waals surface area contributed by atoms with Crippen LogP contribution in [0.1, 0.15) is 64.2 Å². The van der Waals surface area contributed by atoms with Gasteiger partial charge in [-0.1, -0.05) is 19.3 Å². The van der Waals surface area contributed by atoms with E-state index in [-0.39, 0.29) is 17.2 Å². The van der Waals surface area contributed by atoms with E-state index < -0.39 is 0 Å². The third-order valence-corrected chi connectivity index (χ3v) is 7.12. The molecule has 1 aliphatic carbocycles. The molecule has 2 unspecified atom stereocenters. The second-order valence-corrected chi connectivity index (χ2v) is 8.82. The molecule has 2 atom stereocenters. The summed E-state index contributed by atoms with van der Waals surface area (Å²) in [4.78, 5) is 30.2. The zero-order valence-electron chi connectivity index (χ0n) is 15.5. The number of carbonyl (C=O) groups excluding carboxylic acids is 2. The molecule has 25 heavy (non-hydrogen) atoms. The Hall–Kier alpha value is -1.10. The Bertz CT molecular complexity index is 505. The number of fused-ring (bicyclic) bond motifs is 2. The predicted molar refractivity (Wildman–Crippen MR) is 97.0 cm³/mol. The second kappa shape index (κ2) is 7.26. The van der Waals surface area contributed by atoms with Gasteiger partial charge in [0.15, 0.2) is 0 Å². The first kappa shape index (κ1) is 17.3.